The number of rotatable bonds is 2. The maximum Gasteiger partial charge on any atom is 0.273 e. The third kappa shape index (κ3) is 3.46. The van der Waals surface area contributed by atoms with Crippen LogP contribution >= 0.6 is 11.6 Å². The van der Waals surface area contributed by atoms with Gasteiger partial charge in [0.05, 0.1) is 11.1 Å². The summed E-state index contributed by atoms with van der Waals surface area (Å²) in [6, 6.07) is 7.48. The fourth-order valence-corrected chi connectivity index (χ4v) is 4.30. The minimum Gasteiger partial charge on any atom is -0.487 e. The molecule has 1 saturated heterocycles. The van der Waals surface area contributed by atoms with Gasteiger partial charge < -0.3 is 15.0 Å². The molecule has 1 N–H and O–H groups in total. The summed E-state index contributed by atoms with van der Waals surface area (Å²) in [5.74, 6) is 0.563. The van der Waals surface area contributed by atoms with E-state index in [1.165, 1.54) is 4.68 Å². The Bertz CT molecular complexity index is 928. The molecular formula is C20H23ClN4O3. The van der Waals surface area contributed by atoms with Crippen molar-refractivity contribution in [1.82, 2.24) is 20.0 Å². The van der Waals surface area contributed by atoms with Crippen LogP contribution in [0.5, 0.6) is 5.75 Å². The molecule has 0 aliphatic carbocycles. The lowest BCUT2D eigenvalue weighted by atomic mass is 9.82. The highest BCUT2D eigenvalue weighted by atomic mass is 35.5. The van der Waals surface area contributed by atoms with Gasteiger partial charge in [-0.15, -0.1) is 0 Å². The van der Waals surface area contributed by atoms with E-state index >= 15 is 0 Å². The molecule has 8 heteroatoms. The zero-order chi connectivity index (χ0) is 19.9. The first-order chi connectivity index (χ1) is 13.4. The molecule has 1 spiro atoms. The average Bonchev–Trinajstić information content (AvgIpc) is 2.96. The lowest BCUT2D eigenvalue weighted by molar-refractivity contribution is -0.129. The number of halogens is 1. The Kier molecular flexibility index (Phi) is 4.79. The van der Waals surface area contributed by atoms with Crippen molar-refractivity contribution in [1.29, 1.82) is 0 Å². The molecule has 2 atom stereocenters. The predicted octanol–water partition coefficient (Wildman–Crippen LogP) is 2.71. The van der Waals surface area contributed by atoms with Crippen molar-refractivity contribution in [2.24, 2.45) is 7.05 Å². The standard InChI is InChI=1S/C20H23ClN4O3/c1-24-10-9-20(8-7-17(24)26)11-15(13-5-3-4-6-16(13)28-20)22-19(27)18-14(21)12-25(2)23-18/h3-6,12,15H,7-11H2,1-2H3,(H,22,27)/t15-,20+/m1/s1. The quantitative estimate of drug-likeness (QED) is 0.837. The van der Waals surface area contributed by atoms with Crippen LogP contribution in [-0.2, 0) is 11.8 Å². The second-order valence-electron chi connectivity index (χ2n) is 7.62. The molecule has 2 aliphatic heterocycles. The monoisotopic (exact) mass is 402 g/mol. The van der Waals surface area contributed by atoms with E-state index in [1.807, 2.05) is 31.3 Å². The first-order valence-corrected chi connectivity index (χ1v) is 9.77. The molecule has 0 unspecified atom stereocenters. The zero-order valence-corrected chi connectivity index (χ0v) is 16.7. The van der Waals surface area contributed by atoms with Gasteiger partial charge in [0, 0.05) is 51.7 Å². The average molecular weight is 403 g/mol. The molecule has 0 radical (unpaired) electrons. The first kappa shape index (κ1) is 18.8. The minimum atomic E-state index is -0.485. The number of amides is 2. The molecule has 4 rings (SSSR count). The van der Waals surface area contributed by atoms with E-state index in [0.29, 0.717) is 30.8 Å². The number of nitrogens with one attached hydrogen (secondary N) is 1. The van der Waals surface area contributed by atoms with Gasteiger partial charge in [0.15, 0.2) is 5.69 Å². The SMILES string of the molecule is CN1CC[C@@]2(CCC1=O)C[C@@H](NC(=O)c1nn(C)cc1Cl)c1ccccc1O2. The molecule has 1 aromatic carbocycles. The van der Waals surface area contributed by atoms with Gasteiger partial charge in [-0.3, -0.25) is 14.3 Å². The summed E-state index contributed by atoms with van der Waals surface area (Å²) in [6.45, 7) is 0.633. The van der Waals surface area contributed by atoms with Crippen LogP contribution in [0.1, 0.15) is 47.8 Å². The highest BCUT2D eigenvalue weighted by molar-refractivity contribution is 6.33. The van der Waals surface area contributed by atoms with Crippen LogP contribution in [0.3, 0.4) is 0 Å². The Hall–Kier alpha value is -2.54. The van der Waals surface area contributed by atoms with Crippen LogP contribution in [-0.4, -0.2) is 45.7 Å². The Balaban J connectivity index is 1.63. The number of hydrogen-bond donors (Lipinski definition) is 1. The lowest BCUT2D eigenvalue weighted by Gasteiger charge is -2.42. The third-order valence-electron chi connectivity index (χ3n) is 5.62. The molecule has 2 amide bonds. The number of aromatic nitrogens is 2. The van der Waals surface area contributed by atoms with Crippen molar-refractivity contribution in [2.75, 3.05) is 13.6 Å². The fraction of sp³-hybridized carbons (Fsp3) is 0.450. The molecule has 1 fully saturated rings. The van der Waals surface area contributed by atoms with Gasteiger partial charge in [0.25, 0.3) is 5.91 Å². The molecule has 2 aliphatic rings. The van der Waals surface area contributed by atoms with Gasteiger partial charge in [-0.1, -0.05) is 29.8 Å². The number of carbonyl (C=O) groups is 2. The molecule has 148 valence electrons. The number of fused-ring (bicyclic) bond motifs is 1. The number of para-hydroxylation sites is 1. The summed E-state index contributed by atoms with van der Waals surface area (Å²) >= 11 is 6.14. The van der Waals surface area contributed by atoms with Gasteiger partial charge >= 0.3 is 0 Å². The first-order valence-electron chi connectivity index (χ1n) is 9.39. The zero-order valence-electron chi connectivity index (χ0n) is 15.9. The number of aryl methyl sites for hydroxylation is 1. The molecule has 0 bridgehead atoms. The Morgan fingerprint density at radius 3 is 2.86 bits per heavy atom. The maximum atomic E-state index is 12.8. The normalized spacial score (nSPS) is 24.5. The molecule has 1 aromatic heterocycles. The van der Waals surface area contributed by atoms with Crippen molar-refractivity contribution in [3.05, 3.63) is 46.7 Å². The van der Waals surface area contributed by atoms with E-state index < -0.39 is 5.60 Å². The van der Waals surface area contributed by atoms with Gasteiger partial charge in [-0.25, -0.2) is 0 Å². The van der Waals surface area contributed by atoms with E-state index in [2.05, 4.69) is 10.4 Å². The summed E-state index contributed by atoms with van der Waals surface area (Å²) in [5.41, 5.74) is 0.649. The molecule has 28 heavy (non-hydrogen) atoms. The molecule has 3 heterocycles. The van der Waals surface area contributed by atoms with Crippen LogP contribution in [0.15, 0.2) is 30.5 Å². The molecule has 7 nitrogen and oxygen atoms in total. The van der Waals surface area contributed by atoms with E-state index in [9.17, 15) is 9.59 Å². The summed E-state index contributed by atoms with van der Waals surface area (Å²) in [5, 5.41) is 7.56. The van der Waals surface area contributed by atoms with Crippen LogP contribution in [0, 0.1) is 0 Å². The lowest BCUT2D eigenvalue weighted by Crippen LogP contribution is -2.46. The highest BCUT2D eigenvalue weighted by Crippen LogP contribution is 2.44. The van der Waals surface area contributed by atoms with Gasteiger partial charge in [-0.05, 0) is 12.5 Å². The van der Waals surface area contributed by atoms with E-state index in [4.69, 9.17) is 16.3 Å². The smallest absolute Gasteiger partial charge is 0.273 e. The number of nitrogens with zero attached hydrogens (tertiary/aromatic N) is 3. The van der Waals surface area contributed by atoms with Crippen LogP contribution < -0.4 is 10.1 Å². The minimum absolute atomic E-state index is 0.125. The number of carbonyl (C=O) groups excluding carboxylic acids is 2. The van der Waals surface area contributed by atoms with Gasteiger partial charge in [0.2, 0.25) is 5.91 Å². The Morgan fingerprint density at radius 2 is 2.11 bits per heavy atom. The third-order valence-corrected chi connectivity index (χ3v) is 5.90. The Morgan fingerprint density at radius 1 is 1.32 bits per heavy atom. The number of hydrogen-bond acceptors (Lipinski definition) is 4. The number of benzene rings is 1. The molecular weight excluding hydrogens is 380 g/mol. The number of ether oxygens (including phenoxy) is 1. The van der Waals surface area contributed by atoms with Crippen LogP contribution in [0.2, 0.25) is 5.02 Å². The summed E-state index contributed by atoms with van der Waals surface area (Å²) in [4.78, 5) is 26.7. The predicted molar refractivity (Wildman–Crippen MR) is 104 cm³/mol. The van der Waals surface area contributed by atoms with Crippen molar-refractivity contribution in [2.45, 2.75) is 37.3 Å². The molecule has 2 aromatic rings. The highest BCUT2D eigenvalue weighted by Gasteiger charge is 2.43. The Labute approximate surface area is 168 Å². The largest absolute Gasteiger partial charge is 0.487 e. The van der Waals surface area contributed by atoms with Crippen molar-refractivity contribution < 1.29 is 14.3 Å². The van der Waals surface area contributed by atoms with Crippen LogP contribution in [0.4, 0.5) is 0 Å². The molecule has 0 saturated carbocycles. The van der Waals surface area contributed by atoms with Crippen molar-refractivity contribution in [3.63, 3.8) is 0 Å². The van der Waals surface area contributed by atoms with Gasteiger partial charge in [0.1, 0.15) is 11.4 Å². The second kappa shape index (κ2) is 7.13. The summed E-state index contributed by atoms with van der Waals surface area (Å²) < 4.78 is 7.92. The number of likely N-dealkylation sites (tertiary alicyclic amines) is 1. The van der Waals surface area contributed by atoms with Crippen molar-refractivity contribution in [3.8, 4) is 5.75 Å². The maximum absolute atomic E-state index is 12.8. The van der Waals surface area contributed by atoms with E-state index in [1.54, 1.807) is 18.1 Å². The van der Waals surface area contributed by atoms with Crippen LogP contribution in [0.25, 0.3) is 0 Å². The topological polar surface area (TPSA) is 76.5 Å². The van der Waals surface area contributed by atoms with Gasteiger partial charge in [-0.2, -0.15) is 5.10 Å². The van der Waals surface area contributed by atoms with Crippen molar-refractivity contribution >= 4 is 23.4 Å². The fourth-order valence-electron chi connectivity index (χ4n) is 4.04. The summed E-state index contributed by atoms with van der Waals surface area (Å²) in [7, 11) is 3.54. The summed E-state index contributed by atoms with van der Waals surface area (Å²) in [6.07, 6.45) is 3.98. The van der Waals surface area contributed by atoms with E-state index in [-0.39, 0.29) is 23.6 Å². The van der Waals surface area contributed by atoms with E-state index in [0.717, 1.165) is 17.7 Å². The second-order valence-corrected chi connectivity index (χ2v) is 8.02.